The van der Waals surface area contributed by atoms with Crippen LogP contribution in [0.4, 0.5) is 0 Å². The summed E-state index contributed by atoms with van der Waals surface area (Å²) in [4.78, 5) is 0. The summed E-state index contributed by atoms with van der Waals surface area (Å²) in [5.41, 5.74) is 1.86. The minimum atomic E-state index is -2.17. The van der Waals surface area contributed by atoms with Crippen molar-refractivity contribution in [2.75, 3.05) is 0 Å². The molecular formula is C12H8ClO2P. The fourth-order valence-electron chi connectivity index (χ4n) is 1.85. The second-order valence-electron chi connectivity index (χ2n) is 3.58. The van der Waals surface area contributed by atoms with Crippen LogP contribution in [0.15, 0.2) is 42.5 Å². The Morgan fingerprint density at radius 3 is 2.75 bits per heavy atom. The Bertz CT molecular complexity index is 595. The Hall–Kier alpha value is -1.24. The molecule has 0 amide bonds. The van der Waals surface area contributed by atoms with E-state index < -0.39 is 8.03 Å². The fourth-order valence-corrected chi connectivity index (χ4v) is 3.18. The van der Waals surface area contributed by atoms with Gasteiger partial charge in [0, 0.05) is 10.6 Å². The summed E-state index contributed by atoms with van der Waals surface area (Å²) >= 11 is 5.95. The first-order chi connectivity index (χ1) is 7.75. The number of hydrogen-bond acceptors (Lipinski definition) is 2. The molecule has 2 aromatic carbocycles. The van der Waals surface area contributed by atoms with Gasteiger partial charge in [-0.2, -0.15) is 0 Å². The van der Waals surface area contributed by atoms with Gasteiger partial charge >= 0.3 is 0 Å². The molecule has 0 N–H and O–H groups in total. The van der Waals surface area contributed by atoms with Gasteiger partial charge in [-0.3, -0.25) is 4.57 Å². The summed E-state index contributed by atoms with van der Waals surface area (Å²) in [6.07, 6.45) is 0. The highest BCUT2D eigenvalue weighted by Gasteiger charge is 2.21. The summed E-state index contributed by atoms with van der Waals surface area (Å²) < 4.78 is 17.3. The van der Waals surface area contributed by atoms with E-state index in [2.05, 4.69) is 0 Å². The van der Waals surface area contributed by atoms with E-state index in [1.165, 1.54) is 0 Å². The number of rotatable bonds is 0. The summed E-state index contributed by atoms with van der Waals surface area (Å²) in [6.45, 7) is 0. The van der Waals surface area contributed by atoms with Crippen molar-refractivity contribution in [3.05, 3.63) is 47.5 Å². The zero-order valence-electron chi connectivity index (χ0n) is 8.24. The van der Waals surface area contributed by atoms with Crippen LogP contribution in [0.3, 0.4) is 0 Å². The molecule has 0 aromatic heterocycles. The molecule has 1 aliphatic heterocycles. The van der Waals surface area contributed by atoms with Crippen LogP contribution in [0.25, 0.3) is 11.1 Å². The quantitative estimate of drug-likeness (QED) is 0.669. The average Bonchev–Trinajstić information content (AvgIpc) is 2.31. The first kappa shape index (κ1) is 9.95. The summed E-state index contributed by atoms with van der Waals surface area (Å²) in [7, 11) is -2.17. The molecular weight excluding hydrogens is 243 g/mol. The van der Waals surface area contributed by atoms with Crippen LogP contribution in [0, 0.1) is 0 Å². The third-order valence-electron chi connectivity index (χ3n) is 2.58. The van der Waals surface area contributed by atoms with E-state index in [1.807, 2.05) is 30.3 Å². The minimum Gasteiger partial charge on any atom is -0.441 e. The van der Waals surface area contributed by atoms with Gasteiger partial charge in [-0.1, -0.05) is 29.8 Å². The molecule has 0 spiro atoms. The maximum absolute atomic E-state index is 11.9. The molecule has 4 heteroatoms. The van der Waals surface area contributed by atoms with Crippen LogP contribution >= 0.6 is 19.6 Å². The van der Waals surface area contributed by atoms with E-state index in [1.54, 1.807) is 12.1 Å². The lowest BCUT2D eigenvalue weighted by Gasteiger charge is -2.20. The summed E-state index contributed by atoms with van der Waals surface area (Å²) in [6, 6.07) is 12.9. The maximum Gasteiger partial charge on any atom is 0.266 e. The molecule has 0 saturated carbocycles. The van der Waals surface area contributed by atoms with Crippen molar-refractivity contribution >= 4 is 24.9 Å². The standard InChI is InChI=1S/C12H8ClO2P/c13-8-5-6-11-10(7-8)9-3-1-2-4-12(9)16(14)15-11/h1-7,16H. The third kappa shape index (κ3) is 1.46. The van der Waals surface area contributed by atoms with Gasteiger partial charge in [0.15, 0.2) is 0 Å². The van der Waals surface area contributed by atoms with Crippen molar-refractivity contribution in [2.45, 2.75) is 0 Å². The van der Waals surface area contributed by atoms with Gasteiger partial charge in [0.1, 0.15) is 5.75 Å². The normalized spacial score (nSPS) is 17.2. The van der Waals surface area contributed by atoms with Crippen LogP contribution < -0.4 is 9.83 Å². The highest BCUT2D eigenvalue weighted by atomic mass is 35.5. The first-order valence-electron chi connectivity index (χ1n) is 4.87. The Balaban J connectivity index is 2.33. The molecule has 2 nitrogen and oxygen atoms in total. The molecule has 80 valence electrons. The van der Waals surface area contributed by atoms with Crippen molar-refractivity contribution in [3.63, 3.8) is 0 Å². The highest BCUT2D eigenvalue weighted by Crippen LogP contribution is 2.43. The SMILES string of the molecule is O=[PH]1Oc2ccc(Cl)cc2-c2ccccc21. The van der Waals surface area contributed by atoms with Gasteiger partial charge in [0.2, 0.25) is 0 Å². The van der Waals surface area contributed by atoms with Crippen LogP contribution in [-0.4, -0.2) is 0 Å². The number of halogens is 1. The average molecular weight is 251 g/mol. The lowest BCUT2D eigenvalue weighted by molar-refractivity contribution is 0.513. The van der Waals surface area contributed by atoms with E-state index >= 15 is 0 Å². The number of benzene rings is 2. The van der Waals surface area contributed by atoms with Crippen LogP contribution in [0.5, 0.6) is 5.75 Å². The zero-order chi connectivity index (χ0) is 11.1. The molecule has 0 radical (unpaired) electrons. The second-order valence-corrected chi connectivity index (χ2v) is 5.33. The molecule has 0 fully saturated rings. The van der Waals surface area contributed by atoms with Crippen LogP contribution in [-0.2, 0) is 4.57 Å². The van der Waals surface area contributed by atoms with Gasteiger partial charge < -0.3 is 4.52 Å². The van der Waals surface area contributed by atoms with Gasteiger partial charge in [-0.15, -0.1) is 0 Å². The summed E-state index contributed by atoms with van der Waals surface area (Å²) in [5.74, 6) is 0.645. The molecule has 0 aliphatic carbocycles. The third-order valence-corrected chi connectivity index (χ3v) is 4.10. The van der Waals surface area contributed by atoms with Gasteiger partial charge in [0.25, 0.3) is 8.03 Å². The zero-order valence-corrected chi connectivity index (χ0v) is 9.99. The van der Waals surface area contributed by atoms with Crippen molar-refractivity contribution in [2.24, 2.45) is 0 Å². The minimum absolute atomic E-state index is 0.645. The highest BCUT2D eigenvalue weighted by molar-refractivity contribution is 7.49. The molecule has 1 unspecified atom stereocenters. The molecule has 16 heavy (non-hydrogen) atoms. The molecule has 1 atom stereocenters. The lowest BCUT2D eigenvalue weighted by Crippen LogP contribution is -2.09. The van der Waals surface area contributed by atoms with Gasteiger partial charge in [-0.05, 0) is 29.8 Å². The molecule has 3 rings (SSSR count). The van der Waals surface area contributed by atoms with Gasteiger partial charge in [-0.25, -0.2) is 0 Å². The summed E-state index contributed by atoms with van der Waals surface area (Å²) in [5, 5.41) is 1.42. The largest absolute Gasteiger partial charge is 0.441 e. The van der Waals surface area contributed by atoms with E-state index in [0.29, 0.717) is 10.8 Å². The maximum atomic E-state index is 11.9. The van der Waals surface area contributed by atoms with E-state index in [0.717, 1.165) is 16.4 Å². The predicted molar refractivity (Wildman–Crippen MR) is 66.2 cm³/mol. The van der Waals surface area contributed by atoms with E-state index in [9.17, 15) is 4.57 Å². The first-order valence-corrected chi connectivity index (χ1v) is 6.56. The Kier molecular flexibility index (Phi) is 2.27. The molecule has 0 saturated heterocycles. The fraction of sp³-hybridized carbons (Fsp3) is 0. The van der Waals surface area contributed by atoms with E-state index in [4.69, 9.17) is 16.1 Å². The predicted octanol–water partition coefficient (Wildman–Crippen LogP) is 3.50. The monoisotopic (exact) mass is 250 g/mol. The topological polar surface area (TPSA) is 26.3 Å². The van der Waals surface area contributed by atoms with Gasteiger partial charge in [0.05, 0.1) is 5.30 Å². The molecule has 1 aliphatic rings. The van der Waals surface area contributed by atoms with Crippen molar-refractivity contribution < 1.29 is 9.09 Å². The molecule has 0 bridgehead atoms. The van der Waals surface area contributed by atoms with Crippen LogP contribution in [0.2, 0.25) is 5.02 Å². The van der Waals surface area contributed by atoms with Crippen LogP contribution in [0.1, 0.15) is 0 Å². The van der Waals surface area contributed by atoms with E-state index in [-0.39, 0.29) is 0 Å². The Morgan fingerprint density at radius 1 is 1.06 bits per heavy atom. The van der Waals surface area contributed by atoms with Crippen molar-refractivity contribution in [1.82, 2.24) is 0 Å². The second kappa shape index (κ2) is 3.65. The lowest BCUT2D eigenvalue weighted by atomic mass is 10.0. The molecule has 2 aromatic rings. The smallest absolute Gasteiger partial charge is 0.266 e. The Morgan fingerprint density at radius 2 is 1.88 bits per heavy atom. The number of hydrogen-bond donors (Lipinski definition) is 0. The number of fused-ring (bicyclic) bond motifs is 3. The Labute approximate surface area is 98.7 Å². The van der Waals surface area contributed by atoms with Crippen molar-refractivity contribution in [1.29, 1.82) is 0 Å². The van der Waals surface area contributed by atoms with Crippen molar-refractivity contribution in [3.8, 4) is 16.9 Å². The molecule has 1 heterocycles.